The third kappa shape index (κ3) is 7.25. The molecular weight excluding hydrogens is 583 g/mol. The van der Waals surface area contributed by atoms with Crippen LogP contribution in [0.15, 0.2) is 105 Å². The van der Waals surface area contributed by atoms with Crippen molar-refractivity contribution in [2.75, 3.05) is 11.9 Å². The summed E-state index contributed by atoms with van der Waals surface area (Å²) in [5.74, 6) is -0.267. The first kappa shape index (κ1) is 28.7. The molecule has 2 amide bonds. The second-order valence-corrected chi connectivity index (χ2v) is 10.2. The molecule has 0 saturated carbocycles. The van der Waals surface area contributed by atoms with Crippen LogP contribution >= 0.6 is 23.4 Å². The third-order valence-electron chi connectivity index (χ3n) is 5.80. The minimum Gasteiger partial charge on any atom is -0.507 e. The predicted octanol–water partition coefficient (Wildman–Crippen LogP) is 6.30. The molecule has 0 unspecified atom stereocenters. The molecule has 0 spiro atoms. The molecule has 1 fully saturated rings. The molecule has 212 valence electrons. The quantitative estimate of drug-likeness (QED) is 0.132. The van der Waals surface area contributed by atoms with Gasteiger partial charge in [0.15, 0.2) is 11.8 Å². The van der Waals surface area contributed by atoms with Crippen LogP contribution in [0.1, 0.15) is 16.9 Å². The maximum absolute atomic E-state index is 13.5. The summed E-state index contributed by atoms with van der Waals surface area (Å²) in [4.78, 5) is 27.6. The lowest BCUT2D eigenvalue weighted by Gasteiger charge is -2.12. The molecule has 0 radical (unpaired) electrons. The van der Waals surface area contributed by atoms with Crippen LogP contribution in [0.25, 0.3) is 6.08 Å². The van der Waals surface area contributed by atoms with Crippen LogP contribution in [-0.2, 0) is 16.1 Å². The summed E-state index contributed by atoms with van der Waals surface area (Å²) in [6.07, 6.45) is 4.49. The van der Waals surface area contributed by atoms with Crippen LogP contribution < -0.4 is 10.1 Å². The highest BCUT2D eigenvalue weighted by molar-refractivity contribution is 8.18. The van der Waals surface area contributed by atoms with Crippen LogP contribution in [0.4, 0.5) is 10.1 Å². The lowest BCUT2D eigenvalue weighted by atomic mass is 10.2. The molecule has 1 saturated heterocycles. The van der Waals surface area contributed by atoms with Crippen LogP contribution in [-0.4, -0.2) is 39.8 Å². The average Bonchev–Trinajstić information content (AvgIpc) is 3.60. The van der Waals surface area contributed by atoms with E-state index >= 15 is 0 Å². The Morgan fingerprint density at radius 2 is 1.90 bits per heavy atom. The number of rotatable bonds is 9. The number of benzene rings is 3. The lowest BCUT2D eigenvalue weighted by molar-refractivity contribution is -0.122. The van der Waals surface area contributed by atoms with Gasteiger partial charge in [0.25, 0.3) is 11.8 Å². The number of phenols is 1. The first-order valence-corrected chi connectivity index (χ1v) is 13.7. The van der Waals surface area contributed by atoms with Gasteiger partial charge in [0, 0.05) is 21.8 Å². The van der Waals surface area contributed by atoms with Gasteiger partial charge in [-0.3, -0.25) is 14.5 Å². The summed E-state index contributed by atoms with van der Waals surface area (Å²) in [7, 11) is 0. The van der Waals surface area contributed by atoms with Crippen molar-refractivity contribution in [3.8, 4) is 11.5 Å². The predicted molar refractivity (Wildman–Crippen MR) is 160 cm³/mol. The van der Waals surface area contributed by atoms with Crippen LogP contribution in [0.5, 0.6) is 11.5 Å². The van der Waals surface area contributed by atoms with E-state index in [1.165, 1.54) is 53.8 Å². The summed E-state index contributed by atoms with van der Waals surface area (Å²) >= 11 is 7.11. The first-order chi connectivity index (χ1) is 20.4. The molecule has 2 heterocycles. The fourth-order valence-corrected chi connectivity index (χ4v) is 4.90. The summed E-state index contributed by atoms with van der Waals surface area (Å²) in [5, 5.41) is 21.7. The fourth-order valence-electron chi connectivity index (χ4n) is 3.80. The normalized spacial score (nSPS) is 15.2. The maximum atomic E-state index is 13.5. The Morgan fingerprint density at radius 3 is 2.69 bits per heavy atom. The fraction of sp³-hybridized carbons (Fsp3) is 0.0667. The smallest absolute Gasteiger partial charge is 0.267 e. The van der Waals surface area contributed by atoms with Crippen molar-refractivity contribution in [2.24, 2.45) is 10.2 Å². The van der Waals surface area contributed by atoms with Gasteiger partial charge in [0.2, 0.25) is 0 Å². The number of carbonyl (C=O) groups excluding carboxylic acids is 2. The lowest BCUT2D eigenvalue weighted by Crippen LogP contribution is -2.28. The number of aromatic hydroxyl groups is 1. The summed E-state index contributed by atoms with van der Waals surface area (Å²) in [5.41, 5.74) is 1.36. The van der Waals surface area contributed by atoms with E-state index in [0.29, 0.717) is 38.3 Å². The number of hydrogen-bond acceptors (Lipinski definition) is 8. The molecule has 1 aliphatic heterocycles. The molecule has 1 aromatic heterocycles. The van der Waals surface area contributed by atoms with Gasteiger partial charge in [0.05, 0.1) is 23.9 Å². The van der Waals surface area contributed by atoms with Crippen LogP contribution in [0.3, 0.4) is 0 Å². The van der Waals surface area contributed by atoms with E-state index in [1.54, 1.807) is 48.5 Å². The van der Waals surface area contributed by atoms with E-state index in [4.69, 9.17) is 20.8 Å². The molecular formula is C30H22ClFN4O5S. The average molecular weight is 605 g/mol. The largest absolute Gasteiger partial charge is 0.507 e. The molecule has 0 aliphatic carbocycles. The molecule has 42 heavy (non-hydrogen) atoms. The SMILES string of the molecule is O=C(COc1ccccc1/C=C1\S/C(=N\N=C\c2cc(Cl)ccc2O)N(Cc2ccco2)C1=O)Nc1ccc(F)cc1. The van der Waals surface area contributed by atoms with E-state index in [1.807, 2.05) is 0 Å². The number of para-hydroxylation sites is 1. The third-order valence-corrected chi connectivity index (χ3v) is 7.04. The number of ether oxygens (including phenoxy) is 1. The minimum atomic E-state index is -0.432. The van der Waals surface area contributed by atoms with E-state index in [-0.39, 0.29) is 30.0 Å². The molecule has 9 nitrogen and oxygen atoms in total. The van der Waals surface area contributed by atoms with Crippen molar-refractivity contribution < 1.29 is 28.2 Å². The van der Waals surface area contributed by atoms with E-state index < -0.39 is 11.7 Å². The highest BCUT2D eigenvalue weighted by Crippen LogP contribution is 2.35. The molecule has 4 aromatic rings. The monoisotopic (exact) mass is 604 g/mol. The first-order valence-electron chi connectivity index (χ1n) is 12.5. The van der Waals surface area contributed by atoms with Gasteiger partial charge in [-0.1, -0.05) is 29.8 Å². The number of hydrogen-bond donors (Lipinski definition) is 2. The summed E-state index contributed by atoms with van der Waals surface area (Å²) in [6, 6.07) is 20.3. The van der Waals surface area contributed by atoms with Crippen molar-refractivity contribution in [3.63, 3.8) is 0 Å². The Balaban J connectivity index is 1.35. The Morgan fingerprint density at radius 1 is 1.10 bits per heavy atom. The molecule has 2 N–H and O–H groups in total. The number of thioether (sulfide) groups is 1. The number of phenolic OH excluding ortho intramolecular Hbond substituents is 1. The summed E-state index contributed by atoms with van der Waals surface area (Å²) in [6.45, 7) is -0.185. The van der Waals surface area contributed by atoms with E-state index in [0.717, 1.165) is 11.8 Å². The Kier molecular flexibility index (Phi) is 9.00. The number of halogens is 2. The number of carbonyl (C=O) groups is 2. The van der Waals surface area contributed by atoms with E-state index in [2.05, 4.69) is 15.5 Å². The standard InChI is InChI=1S/C30H22ClFN4O5S/c31-21-7-12-25(37)20(14-21)16-33-35-30-36(17-24-5-3-13-40-24)29(39)27(42-30)15-19-4-1-2-6-26(19)41-18-28(38)34-23-10-8-22(32)9-11-23/h1-16,37H,17-18H2,(H,34,38)/b27-15-,33-16+,35-30-. The van der Waals surface area contributed by atoms with Crippen molar-refractivity contribution in [3.05, 3.63) is 118 Å². The van der Waals surface area contributed by atoms with Gasteiger partial charge in [-0.25, -0.2) is 4.39 Å². The van der Waals surface area contributed by atoms with Gasteiger partial charge in [-0.2, -0.15) is 5.10 Å². The molecule has 12 heteroatoms. The Hall–Kier alpha value is -4.87. The van der Waals surface area contributed by atoms with Crippen molar-refractivity contribution in [1.29, 1.82) is 0 Å². The van der Waals surface area contributed by atoms with Crippen molar-refractivity contribution in [1.82, 2.24) is 4.90 Å². The number of anilines is 1. The van der Waals surface area contributed by atoms with Gasteiger partial charge < -0.3 is 19.6 Å². The molecule has 1 aliphatic rings. The molecule has 0 atom stereocenters. The van der Waals surface area contributed by atoms with Crippen molar-refractivity contribution >= 4 is 58.3 Å². The van der Waals surface area contributed by atoms with Crippen LogP contribution in [0, 0.1) is 5.82 Å². The van der Waals surface area contributed by atoms with Crippen molar-refractivity contribution in [2.45, 2.75) is 6.54 Å². The number of nitrogens with one attached hydrogen (secondary N) is 1. The second kappa shape index (κ2) is 13.2. The number of nitrogens with zero attached hydrogens (tertiary/aromatic N) is 3. The number of amides is 2. The van der Waals surface area contributed by atoms with Gasteiger partial charge >= 0.3 is 0 Å². The van der Waals surface area contributed by atoms with Crippen LogP contribution in [0.2, 0.25) is 5.02 Å². The number of amidine groups is 1. The highest BCUT2D eigenvalue weighted by Gasteiger charge is 2.34. The Bertz CT molecular complexity index is 1690. The highest BCUT2D eigenvalue weighted by atomic mass is 35.5. The summed E-state index contributed by atoms with van der Waals surface area (Å²) < 4.78 is 24.3. The zero-order chi connectivity index (χ0) is 29.5. The topological polar surface area (TPSA) is 117 Å². The molecule has 0 bridgehead atoms. The molecule has 3 aromatic carbocycles. The maximum Gasteiger partial charge on any atom is 0.267 e. The zero-order valence-electron chi connectivity index (χ0n) is 21.7. The number of furan rings is 1. The zero-order valence-corrected chi connectivity index (χ0v) is 23.3. The minimum absolute atomic E-state index is 0.0190. The van der Waals surface area contributed by atoms with Gasteiger partial charge in [0.1, 0.15) is 23.1 Å². The van der Waals surface area contributed by atoms with Gasteiger partial charge in [-0.05, 0) is 78.5 Å². The Labute approximate surface area is 249 Å². The molecule has 5 rings (SSSR count). The second-order valence-electron chi connectivity index (χ2n) is 8.79. The van der Waals surface area contributed by atoms with Gasteiger partial charge in [-0.15, -0.1) is 5.10 Å². The van der Waals surface area contributed by atoms with E-state index in [9.17, 15) is 19.1 Å².